The Kier molecular flexibility index (Phi) is 7.61. The van der Waals surface area contributed by atoms with Crippen LogP contribution in [0, 0.1) is 0 Å². The van der Waals surface area contributed by atoms with Crippen LogP contribution in [0.3, 0.4) is 0 Å². The molecule has 0 saturated heterocycles. The highest BCUT2D eigenvalue weighted by atomic mass is 16.5. The quantitative estimate of drug-likeness (QED) is 0.732. The molecule has 1 rings (SSSR count). The molecule has 1 unspecified atom stereocenters. The molecule has 5 nitrogen and oxygen atoms in total. The van der Waals surface area contributed by atoms with Crippen molar-refractivity contribution in [2.24, 2.45) is 0 Å². The van der Waals surface area contributed by atoms with E-state index >= 15 is 0 Å². The number of methoxy groups -OCH3 is 1. The van der Waals surface area contributed by atoms with Gasteiger partial charge in [0, 0.05) is 13.1 Å². The van der Waals surface area contributed by atoms with Crippen LogP contribution in [0.4, 0.5) is 0 Å². The minimum atomic E-state index is -0.228. The zero-order chi connectivity index (χ0) is 15.7. The van der Waals surface area contributed by atoms with Gasteiger partial charge in [-0.1, -0.05) is 13.0 Å². The van der Waals surface area contributed by atoms with Gasteiger partial charge in [-0.25, -0.2) is 0 Å². The lowest BCUT2D eigenvalue weighted by atomic mass is 10.2. The number of hydrogen-bond acceptors (Lipinski definition) is 4. The van der Waals surface area contributed by atoms with Crippen LogP contribution >= 0.6 is 0 Å². The number of nitrogens with one attached hydrogen (secondary N) is 2. The maximum Gasteiger partial charge on any atom is 0.236 e. The Morgan fingerprint density at radius 2 is 2.05 bits per heavy atom. The van der Waals surface area contributed by atoms with Crippen molar-refractivity contribution in [1.29, 1.82) is 0 Å². The number of amides is 1. The first-order valence-corrected chi connectivity index (χ1v) is 7.43. The first-order chi connectivity index (χ1) is 10.1. The molecule has 0 spiro atoms. The molecule has 0 radical (unpaired) electrons. The van der Waals surface area contributed by atoms with Crippen molar-refractivity contribution in [1.82, 2.24) is 10.6 Å². The van der Waals surface area contributed by atoms with Crippen LogP contribution in [0.5, 0.6) is 11.5 Å². The highest BCUT2D eigenvalue weighted by Crippen LogP contribution is 2.27. The van der Waals surface area contributed by atoms with E-state index in [2.05, 4.69) is 10.6 Å². The average molecular weight is 294 g/mol. The summed E-state index contributed by atoms with van der Waals surface area (Å²) in [6.07, 6.45) is 0.939. The summed E-state index contributed by atoms with van der Waals surface area (Å²) in [7, 11) is 1.62. The third kappa shape index (κ3) is 5.63. The predicted molar refractivity (Wildman–Crippen MR) is 83.8 cm³/mol. The van der Waals surface area contributed by atoms with Gasteiger partial charge in [0.25, 0.3) is 0 Å². The Morgan fingerprint density at radius 1 is 1.29 bits per heavy atom. The van der Waals surface area contributed by atoms with Crippen molar-refractivity contribution in [3.8, 4) is 11.5 Å². The Morgan fingerprint density at radius 3 is 2.67 bits per heavy atom. The van der Waals surface area contributed by atoms with Crippen LogP contribution in [0.1, 0.15) is 32.8 Å². The highest BCUT2D eigenvalue weighted by molar-refractivity contribution is 5.81. The standard InChI is InChI=1S/C16H26N2O3/c1-5-9-17-16(19)12(3)18-11-13-7-8-14(21-6-2)15(10-13)20-4/h7-8,10,12,18H,5-6,9,11H2,1-4H3,(H,17,19). The van der Waals surface area contributed by atoms with Crippen LogP contribution in [0.25, 0.3) is 0 Å². The van der Waals surface area contributed by atoms with Crippen LogP contribution in [0.2, 0.25) is 0 Å². The molecule has 5 heteroatoms. The Labute approximate surface area is 127 Å². The van der Waals surface area contributed by atoms with Crippen molar-refractivity contribution in [3.05, 3.63) is 23.8 Å². The lowest BCUT2D eigenvalue weighted by molar-refractivity contribution is -0.122. The SMILES string of the molecule is CCCNC(=O)C(C)NCc1ccc(OCC)c(OC)c1. The third-order valence-corrected chi connectivity index (χ3v) is 3.08. The zero-order valence-electron chi connectivity index (χ0n) is 13.4. The molecular weight excluding hydrogens is 268 g/mol. The van der Waals surface area contributed by atoms with Crippen LogP contribution < -0.4 is 20.1 Å². The van der Waals surface area contributed by atoms with E-state index in [-0.39, 0.29) is 11.9 Å². The highest BCUT2D eigenvalue weighted by Gasteiger charge is 2.12. The largest absolute Gasteiger partial charge is 0.493 e. The number of hydrogen-bond donors (Lipinski definition) is 2. The van der Waals surface area contributed by atoms with Crippen LogP contribution in [0.15, 0.2) is 18.2 Å². The van der Waals surface area contributed by atoms with E-state index in [1.54, 1.807) is 7.11 Å². The predicted octanol–water partition coefficient (Wildman–Crippen LogP) is 2.10. The van der Waals surface area contributed by atoms with Crippen molar-refractivity contribution in [3.63, 3.8) is 0 Å². The fraction of sp³-hybridized carbons (Fsp3) is 0.562. The van der Waals surface area contributed by atoms with Gasteiger partial charge in [-0.05, 0) is 38.0 Å². The second-order valence-corrected chi connectivity index (χ2v) is 4.81. The smallest absolute Gasteiger partial charge is 0.236 e. The van der Waals surface area contributed by atoms with Gasteiger partial charge >= 0.3 is 0 Å². The maximum atomic E-state index is 11.8. The molecule has 0 aliphatic heterocycles. The van der Waals surface area contributed by atoms with Gasteiger partial charge in [-0.15, -0.1) is 0 Å². The molecule has 21 heavy (non-hydrogen) atoms. The lowest BCUT2D eigenvalue weighted by Gasteiger charge is -2.15. The van der Waals surface area contributed by atoms with Crippen LogP contribution in [-0.4, -0.2) is 32.2 Å². The number of ether oxygens (including phenoxy) is 2. The van der Waals surface area contributed by atoms with Gasteiger partial charge < -0.3 is 20.1 Å². The van der Waals surface area contributed by atoms with Crippen LogP contribution in [-0.2, 0) is 11.3 Å². The summed E-state index contributed by atoms with van der Waals surface area (Å²) in [5.74, 6) is 1.46. The van der Waals surface area contributed by atoms with E-state index in [4.69, 9.17) is 9.47 Å². The summed E-state index contributed by atoms with van der Waals surface area (Å²) >= 11 is 0. The molecule has 1 amide bonds. The van der Waals surface area contributed by atoms with E-state index in [0.29, 0.717) is 25.4 Å². The fourth-order valence-corrected chi connectivity index (χ4v) is 1.86. The van der Waals surface area contributed by atoms with Crippen molar-refractivity contribution >= 4 is 5.91 Å². The summed E-state index contributed by atoms with van der Waals surface area (Å²) < 4.78 is 10.8. The van der Waals surface area contributed by atoms with Gasteiger partial charge in [0.15, 0.2) is 11.5 Å². The lowest BCUT2D eigenvalue weighted by Crippen LogP contribution is -2.42. The first kappa shape index (κ1) is 17.3. The van der Waals surface area contributed by atoms with Gasteiger partial charge in [0.05, 0.1) is 19.8 Å². The summed E-state index contributed by atoms with van der Waals surface area (Å²) in [6, 6.07) is 5.56. The average Bonchev–Trinajstić information content (AvgIpc) is 2.51. The van der Waals surface area contributed by atoms with E-state index in [0.717, 1.165) is 17.7 Å². The second kappa shape index (κ2) is 9.23. The van der Waals surface area contributed by atoms with E-state index in [9.17, 15) is 4.79 Å². The van der Waals surface area contributed by atoms with Crippen molar-refractivity contribution in [2.45, 2.75) is 39.8 Å². The molecule has 0 fully saturated rings. The summed E-state index contributed by atoms with van der Waals surface area (Å²) in [5, 5.41) is 6.07. The summed E-state index contributed by atoms with van der Waals surface area (Å²) in [5.41, 5.74) is 1.05. The molecule has 1 aromatic carbocycles. The number of carbonyl (C=O) groups is 1. The maximum absolute atomic E-state index is 11.8. The van der Waals surface area contributed by atoms with Crippen molar-refractivity contribution in [2.75, 3.05) is 20.3 Å². The molecule has 0 bridgehead atoms. The Hall–Kier alpha value is -1.75. The zero-order valence-corrected chi connectivity index (χ0v) is 13.4. The second-order valence-electron chi connectivity index (χ2n) is 4.81. The topological polar surface area (TPSA) is 59.6 Å². The molecule has 0 saturated carbocycles. The minimum Gasteiger partial charge on any atom is -0.493 e. The number of rotatable bonds is 9. The molecule has 0 aliphatic rings. The molecule has 1 aromatic rings. The van der Waals surface area contributed by atoms with E-state index < -0.39 is 0 Å². The molecule has 118 valence electrons. The molecule has 0 aliphatic carbocycles. The molecule has 2 N–H and O–H groups in total. The number of benzene rings is 1. The first-order valence-electron chi connectivity index (χ1n) is 7.43. The molecule has 1 atom stereocenters. The molecule has 0 heterocycles. The Balaban J connectivity index is 2.57. The minimum absolute atomic E-state index is 0.0229. The Bertz CT molecular complexity index is 449. The number of carbonyl (C=O) groups excluding carboxylic acids is 1. The molecular formula is C16H26N2O3. The van der Waals surface area contributed by atoms with Gasteiger partial charge in [0.2, 0.25) is 5.91 Å². The summed E-state index contributed by atoms with van der Waals surface area (Å²) in [6.45, 7) is 7.74. The van der Waals surface area contributed by atoms with E-state index in [1.807, 2.05) is 39.0 Å². The fourth-order valence-electron chi connectivity index (χ4n) is 1.86. The molecule has 0 aromatic heterocycles. The van der Waals surface area contributed by atoms with Gasteiger partial charge in [-0.2, -0.15) is 0 Å². The van der Waals surface area contributed by atoms with Gasteiger partial charge in [0.1, 0.15) is 0 Å². The van der Waals surface area contributed by atoms with E-state index in [1.165, 1.54) is 0 Å². The van der Waals surface area contributed by atoms with Gasteiger partial charge in [-0.3, -0.25) is 4.79 Å². The normalized spacial score (nSPS) is 11.8. The monoisotopic (exact) mass is 294 g/mol. The third-order valence-electron chi connectivity index (χ3n) is 3.08. The van der Waals surface area contributed by atoms with Crippen molar-refractivity contribution < 1.29 is 14.3 Å². The summed E-state index contributed by atoms with van der Waals surface area (Å²) in [4.78, 5) is 11.8.